The largest absolute Gasteiger partial charge is 0.417 e. The number of amides is 1. The van der Waals surface area contributed by atoms with Gasteiger partial charge in [0.1, 0.15) is 10.3 Å². The van der Waals surface area contributed by atoms with Gasteiger partial charge in [0.2, 0.25) is 0 Å². The molecule has 1 aromatic rings. The van der Waals surface area contributed by atoms with Crippen LogP contribution in [-0.2, 0) is 0 Å². The molecule has 1 saturated heterocycles. The standard InChI is InChI=1S/C12H12BrF3N2O2/c13-9-3-1-2-8(17-9)10(19)18-6-4-11(20,5-7-18)12(14,15)16/h1-3,20H,4-7H2. The monoisotopic (exact) mass is 352 g/mol. The van der Waals surface area contributed by atoms with Crippen LogP contribution in [0.2, 0.25) is 0 Å². The van der Waals surface area contributed by atoms with Gasteiger partial charge in [-0.25, -0.2) is 4.98 Å². The number of nitrogens with zero attached hydrogens (tertiary/aromatic N) is 2. The number of hydrogen-bond acceptors (Lipinski definition) is 3. The maximum absolute atomic E-state index is 12.7. The van der Waals surface area contributed by atoms with E-state index < -0.39 is 30.5 Å². The van der Waals surface area contributed by atoms with Gasteiger partial charge in [-0.05, 0) is 28.1 Å². The van der Waals surface area contributed by atoms with Gasteiger partial charge in [0, 0.05) is 25.9 Å². The molecule has 8 heteroatoms. The topological polar surface area (TPSA) is 53.4 Å². The first kappa shape index (κ1) is 15.2. The summed E-state index contributed by atoms with van der Waals surface area (Å²) in [6.07, 6.45) is -5.71. The van der Waals surface area contributed by atoms with Crippen molar-refractivity contribution in [2.24, 2.45) is 0 Å². The normalized spacial score (nSPS) is 18.9. The van der Waals surface area contributed by atoms with E-state index in [1.165, 1.54) is 11.0 Å². The molecule has 1 N–H and O–H groups in total. The van der Waals surface area contributed by atoms with Crippen molar-refractivity contribution in [2.75, 3.05) is 13.1 Å². The van der Waals surface area contributed by atoms with Crippen molar-refractivity contribution in [3.05, 3.63) is 28.5 Å². The predicted molar refractivity (Wildman–Crippen MR) is 68.1 cm³/mol. The zero-order valence-corrected chi connectivity index (χ0v) is 11.9. The third-order valence-corrected chi connectivity index (χ3v) is 3.78. The summed E-state index contributed by atoms with van der Waals surface area (Å²) in [6.45, 7) is -0.300. The summed E-state index contributed by atoms with van der Waals surface area (Å²) in [4.78, 5) is 17.3. The third kappa shape index (κ3) is 2.95. The fraction of sp³-hybridized carbons (Fsp3) is 0.500. The number of halogens is 4. The van der Waals surface area contributed by atoms with Gasteiger partial charge in [0.25, 0.3) is 5.91 Å². The molecule has 1 fully saturated rings. The average molecular weight is 353 g/mol. The summed E-state index contributed by atoms with van der Waals surface area (Å²) in [5, 5.41) is 9.54. The van der Waals surface area contributed by atoms with Gasteiger partial charge < -0.3 is 10.0 Å². The van der Waals surface area contributed by atoms with Crippen molar-refractivity contribution in [2.45, 2.75) is 24.6 Å². The van der Waals surface area contributed by atoms with Gasteiger partial charge in [-0.1, -0.05) is 6.07 Å². The second kappa shape index (κ2) is 5.33. The van der Waals surface area contributed by atoms with Crippen LogP contribution in [0.5, 0.6) is 0 Å². The van der Waals surface area contributed by atoms with Gasteiger partial charge in [0.15, 0.2) is 5.60 Å². The lowest BCUT2D eigenvalue weighted by molar-refractivity contribution is -0.271. The summed E-state index contributed by atoms with van der Waals surface area (Å²) < 4.78 is 38.5. The highest BCUT2D eigenvalue weighted by Gasteiger charge is 2.54. The van der Waals surface area contributed by atoms with Crippen molar-refractivity contribution in [1.29, 1.82) is 0 Å². The first-order chi connectivity index (χ1) is 9.23. The van der Waals surface area contributed by atoms with Crippen molar-refractivity contribution < 1.29 is 23.1 Å². The van der Waals surface area contributed by atoms with E-state index in [2.05, 4.69) is 20.9 Å². The maximum Gasteiger partial charge on any atom is 0.417 e. The Hall–Kier alpha value is -1.15. The number of aliphatic hydroxyl groups is 1. The zero-order chi connectivity index (χ0) is 15.0. The van der Waals surface area contributed by atoms with Crippen LogP contribution in [-0.4, -0.2) is 45.8 Å². The van der Waals surface area contributed by atoms with Crippen LogP contribution in [0.3, 0.4) is 0 Å². The number of alkyl halides is 3. The Morgan fingerprint density at radius 1 is 1.35 bits per heavy atom. The van der Waals surface area contributed by atoms with E-state index in [4.69, 9.17) is 0 Å². The SMILES string of the molecule is O=C(c1cccc(Br)n1)N1CCC(O)(C(F)(F)F)CC1. The predicted octanol–water partition coefficient (Wildman–Crippen LogP) is 2.37. The minimum atomic E-state index is -4.67. The smallest absolute Gasteiger partial charge is 0.380 e. The molecule has 0 unspecified atom stereocenters. The number of likely N-dealkylation sites (tertiary alicyclic amines) is 1. The molecule has 20 heavy (non-hydrogen) atoms. The zero-order valence-electron chi connectivity index (χ0n) is 10.3. The van der Waals surface area contributed by atoms with E-state index in [9.17, 15) is 23.1 Å². The fourth-order valence-corrected chi connectivity index (χ4v) is 2.40. The molecule has 0 bridgehead atoms. The Labute approximate surface area is 121 Å². The van der Waals surface area contributed by atoms with Gasteiger partial charge in [-0.3, -0.25) is 4.79 Å². The second-order valence-corrected chi connectivity index (χ2v) is 5.48. The highest BCUT2D eigenvalue weighted by molar-refractivity contribution is 9.10. The molecule has 0 aliphatic carbocycles. The first-order valence-electron chi connectivity index (χ1n) is 5.94. The molecule has 0 aromatic carbocycles. The number of carbonyl (C=O) groups excluding carboxylic acids is 1. The summed E-state index contributed by atoms with van der Waals surface area (Å²) in [5.41, 5.74) is -2.54. The van der Waals surface area contributed by atoms with Crippen LogP contribution in [0.15, 0.2) is 22.8 Å². The van der Waals surface area contributed by atoms with E-state index in [1.807, 2.05) is 0 Å². The molecule has 1 aliphatic heterocycles. The number of rotatable bonds is 1. The highest BCUT2D eigenvalue weighted by Crippen LogP contribution is 2.38. The molecule has 1 amide bonds. The number of hydrogen-bond donors (Lipinski definition) is 1. The van der Waals surface area contributed by atoms with Crippen molar-refractivity contribution >= 4 is 21.8 Å². The number of piperidine rings is 1. The average Bonchev–Trinajstić information content (AvgIpc) is 2.37. The third-order valence-electron chi connectivity index (χ3n) is 3.34. The molecule has 0 spiro atoms. The Kier molecular flexibility index (Phi) is 4.06. The van der Waals surface area contributed by atoms with Gasteiger partial charge in [0.05, 0.1) is 0 Å². The molecule has 2 rings (SSSR count). The molecular formula is C12H12BrF3N2O2. The van der Waals surface area contributed by atoms with E-state index in [0.29, 0.717) is 4.60 Å². The lowest BCUT2D eigenvalue weighted by Crippen LogP contribution is -2.54. The first-order valence-corrected chi connectivity index (χ1v) is 6.73. The van der Waals surface area contributed by atoms with Gasteiger partial charge >= 0.3 is 6.18 Å². The summed E-state index contributed by atoms with van der Waals surface area (Å²) in [7, 11) is 0. The van der Waals surface area contributed by atoms with Gasteiger partial charge in [-0.15, -0.1) is 0 Å². The minimum Gasteiger partial charge on any atom is -0.380 e. The molecule has 0 atom stereocenters. The van der Waals surface area contributed by atoms with Crippen LogP contribution in [0.1, 0.15) is 23.3 Å². The number of pyridine rings is 1. The van der Waals surface area contributed by atoms with Crippen LogP contribution in [0.4, 0.5) is 13.2 Å². The van der Waals surface area contributed by atoms with E-state index in [0.717, 1.165) is 0 Å². The molecule has 4 nitrogen and oxygen atoms in total. The molecule has 0 saturated carbocycles. The lowest BCUT2D eigenvalue weighted by Gasteiger charge is -2.38. The van der Waals surface area contributed by atoms with Crippen LogP contribution in [0.25, 0.3) is 0 Å². The van der Waals surface area contributed by atoms with E-state index in [1.54, 1.807) is 12.1 Å². The maximum atomic E-state index is 12.7. The molecule has 1 aliphatic rings. The van der Waals surface area contributed by atoms with Crippen molar-refractivity contribution in [1.82, 2.24) is 9.88 Å². The van der Waals surface area contributed by atoms with Crippen molar-refractivity contribution in [3.8, 4) is 0 Å². The summed E-state index contributed by atoms with van der Waals surface area (Å²) in [6, 6.07) is 4.77. The summed E-state index contributed by atoms with van der Waals surface area (Å²) in [5.74, 6) is -0.435. The second-order valence-electron chi connectivity index (χ2n) is 4.67. The van der Waals surface area contributed by atoms with E-state index in [-0.39, 0.29) is 18.8 Å². The Balaban J connectivity index is 2.06. The van der Waals surface area contributed by atoms with E-state index >= 15 is 0 Å². The van der Waals surface area contributed by atoms with Crippen LogP contribution in [0, 0.1) is 0 Å². The Morgan fingerprint density at radius 3 is 2.45 bits per heavy atom. The molecule has 110 valence electrons. The summed E-state index contributed by atoms with van der Waals surface area (Å²) >= 11 is 3.13. The molecular weight excluding hydrogens is 341 g/mol. The molecule has 1 aromatic heterocycles. The number of carbonyl (C=O) groups is 1. The minimum absolute atomic E-state index is 0.150. The Bertz CT molecular complexity index is 514. The van der Waals surface area contributed by atoms with Gasteiger partial charge in [-0.2, -0.15) is 13.2 Å². The van der Waals surface area contributed by atoms with Crippen molar-refractivity contribution in [3.63, 3.8) is 0 Å². The number of aromatic nitrogens is 1. The van der Waals surface area contributed by atoms with Crippen LogP contribution >= 0.6 is 15.9 Å². The fourth-order valence-electron chi connectivity index (χ4n) is 2.05. The van der Waals surface area contributed by atoms with Crippen LogP contribution < -0.4 is 0 Å². The Morgan fingerprint density at radius 2 is 1.95 bits per heavy atom. The highest BCUT2D eigenvalue weighted by atomic mass is 79.9. The molecule has 0 radical (unpaired) electrons. The quantitative estimate of drug-likeness (QED) is 0.789. The molecule has 2 heterocycles. The lowest BCUT2D eigenvalue weighted by atomic mass is 9.90.